The third-order valence-electron chi connectivity index (χ3n) is 1.78. The van der Waals surface area contributed by atoms with Gasteiger partial charge < -0.3 is 0 Å². The van der Waals surface area contributed by atoms with Gasteiger partial charge in [0, 0.05) is 4.47 Å². The largest absolute Gasteiger partial charge is 0.264 e. The Labute approximate surface area is 81.7 Å². The molecule has 0 fully saturated rings. The quantitative estimate of drug-likeness (QED) is 0.678. The van der Waals surface area contributed by atoms with E-state index < -0.39 is 0 Å². The van der Waals surface area contributed by atoms with Crippen LogP contribution in [0.3, 0.4) is 0 Å². The minimum absolute atomic E-state index is 0.489. The van der Waals surface area contributed by atoms with Gasteiger partial charge in [-0.25, -0.2) is 0 Å². The van der Waals surface area contributed by atoms with Crippen LogP contribution >= 0.6 is 15.9 Å². The molecule has 0 aliphatic heterocycles. The van der Waals surface area contributed by atoms with Gasteiger partial charge in [-0.15, -0.1) is 0 Å². The van der Waals surface area contributed by atoms with E-state index in [0.29, 0.717) is 5.92 Å². The first kappa shape index (κ1) is 9.46. The number of halogens is 1. The summed E-state index contributed by atoms with van der Waals surface area (Å²) in [6.45, 7) is 7.84. The van der Waals surface area contributed by atoms with Crippen molar-refractivity contribution in [2.75, 3.05) is 0 Å². The fourth-order valence-corrected chi connectivity index (χ4v) is 1.51. The molecule has 0 N–H and O–H groups in total. The molecule has 64 valence electrons. The Hall–Kier alpha value is -0.630. The number of hydrogen-bond donors (Lipinski definition) is 0. The summed E-state index contributed by atoms with van der Waals surface area (Å²) < 4.78 is 1.10. The summed E-state index contributed by atoms with van der Waals surface area (Å²) in [5.74, 6) is 0.489. The van der Waals surface area contributed by atoms with Crippen molar-refractivity contribution in [3.63, 3.8) is 0 Å². The van der Waals surface area contributed by atoms with Gasteiger partial charge in [-0.1, -0.05) is 29.8 Å². The molecule has 0 spiro atoms. The van der Waals surface area contributed by atoms with Crippen LogP contribution in [-0.4, -0.2) is 6.72 Å². The van der Waals surface area contributed by atoms with E-state index in [-0.39, 0.29) is 0 Å². The lowest BCUT2D eigenvalue weighted by atomic mass is 10.0. The van der Waals surface area contributed by atoms with Crippen molar-refractivity contribution in [1.29, 1.82) is 0 Å². The summed E-state index contributed by atoms with van der Waals surface area (Å²) in [5.41, 5.74) is 2.22. The van der Waals surface area contributed by atoms with Gasteiger partial charge >= 0.3 is 0 Å². The van der Waals surface area contributed by atoms with E-state index in [2.05, 4.69) is 47.6 Å². The summed E-state index contributed by atoms with van der Waals surface area (Å²) in [6.07, 6.45) is 0. The van der Waals surface area contributed by atoms with Crippen LogP contribution in [-0.2, 0) is 0 Å². The molecule has 1 aromatic rings. The Morgan fingerprint density at radius 2 is 2.08 bits per heavy atom. The van der Waals surface area contributed by atoms with Gasteiger partial charge in [0.1, 0.15) is 0 Å². The lowest BCUT2D eigenvalue weighted by Gasteiger charge is -2.08. The predicted molar refractivity (Wildman–Crippen MR) is 57.4 cm³/mol. The number of rotatable bonds is 2. The summed E-state index contributed by atoms with van der Waals surface area (Å²) in [5, 5.41) is 0. The van der Waals surface area contributed by atoms with E-state index in [1.165, 1.54) is 5.56 Å². The van der Waals surface area contributed by atoms with Crippen molar-refractivity contribution in [2.24, 2.45) is 4.99 Å². The first-order valence-corrected chi connectivity index (χ1v) is 4.70. The summed E-state index contributed by atoms with van der Waals surface area (Å²) in [4.78, 5) is 3.96. The van der Waals surface area contributed by atoms with E-state index in [1.54, 1.807) is 0 Å². The molecule has 0 bridgehead atoms. The first-order valence-electron chi connectivity index (χ1n) is 3.91. The van der Waals surface area contributed by atoms with Crippen LogP contribution in [0.25, 0.3) is 0 Å². The minimum Gasteiger partial charge on any atom is -0.264 e. The average molecular weight is 226 g/mol. The number of nitrogens with zero attached hydrogens (tertiary/aromatic N) is 1. The van der Waals surface area contributed by atoms with Crippen LogP contribution in [0.1, 0.15) is 25.3 Å². The van der Waals surface area contributed by atoms with Crippen LogP contribution in [0, 0.1) is 0 Å². The molecule has 0 radical (unpaired) electrons. The predicted octanol–water partition coefficient (Wildman–Crippen LogP) is 3.90. The zero-order chi connectivity index (χ0) is 9.14. The van der Waals surface area contributed by atoms with Gasteiger partial charge in [0.2, 0.25) is 0 Å². The second-order valence-electron chi connectivity index (χ2n) is 3.02. The maximum Gasteiger partial charge on any atom is 0.0657 e. The highest BCUT2D eigenvalue weighted by Crippen LogP contribution is 2.29. The monoisotopic (exact) mass is 225 g/mol. The third-order valence-corrected chi connectivity index (χ3v) is 2.28. The molecule has 1 rings (SSSR count). The van der Waals surface area contributed by atoms with E-state index >= 15 is 0 Å². The summed E-state index contributed by atoms with van der Waals surface area (Å²) in [6, 6.07) is 6.05. The Bertz CT molecular complexity index is 292. The second kappa shape index (κ2) is 3.85. The van der Waals surface area contributed by atoms with E-state index in [0.717, 1.165) is 10.2 Å². The van der Waals surface area contributed by atoms with Gasteiger partial charge in [0.05, 0.1) is 5.69 Å². The smallest absolute Gasteiger partial charge is 0.0657 e. The molecule has 0 aliphatic carbocycles. The molecular formula is C10H12BrN. The third kappa shape index (κ3) is 1.95. The lowest BCUT2D eigenvalue weighted by Crippen LogP contribution is -1.87. The van der Waals surface area contributed by atoms with Crippen LogP contribution in [0.2, 0.25) is 0 Å². The van der Waals surface area contributed by atoms with Crippen molar-refractivity contribution in [3.05, 3.63) is 28.2 Å². The molecule has 0 aromatic heterocycles. The highest BCUT2D eigenvalue weighted by Gasteiger charge is 2.04. The Morgan fingerprint density at radius 1 is 1.42 bits per heavy atom. The highest BCUT2D eigenvalue weighted by molar-refractivity contribution is 9.10. The molecule has 0 unspecified atom stereocenters. The molecule has 1 nitrogen and oxygen atoms in total. The minimum atomic E-state index is 0.489. The zero-order valence-corrected chi connectivity index (χ0v) is 8.93. The molecule has 1 aromatic carbocycles. The number of aliphatic imine (C=N–C) groups is 1. The molecule has 0 saturated carbocycles. The van der Waals surface area contributed by atoms with Crippen molar-refractivity contribution < 1.29 is 0 Å². The first-order chi connectivity index (χ1) is 5.65. The second-order valence-corrected chi connectivity index (χ2v) is 3.93. The molecule has 0 amide bonds. The van der Waals surface area contributed by atoms with Gasteiger partial charge in [0.15, 0.2) is 0 Å². The Morgan fingerprint density at radius 3 is 2.58 bits per heavy atom. The van der Waals surface area contributed by atoms with Crippen LogP contribution in [0.4, 0.5) is 5.69 Å². The molecule has 12 heavy (non-hydrogen) atoms. The normalized spacial score (nSPS) is 10.3. The SMILES string of the molecule is C=Nc1ccc(Br)cc1C(C)C. The van der Waals surface area contributed by atoms with Crippen LogP contribution in [0.15, 0.2) is 27.7 Å². The van der Waals surface area contributed by atoms with Crippen molar-refractivity contribution in [1.82, 2.24) is 0 Å². The molecular weight excluding hydrogens is 214 g/mol. The molecule has 0 atom stereocenters. The fourth-order valence-electron chi connectivity index (χ4n) is 1.13. The van der Waals surface area contributed by atoms with E-state index in [9.17, 15) is 0 Å². The van der Waals surface area contributed by atoms with Gasteiger partial charge in [-0.05, 0) is 36.4 Å². The topological polar surface area (TPSA) is 12.4 Å². The van der Waals surface area contributed by atoms with Crippen molar-refractivity contribution in [3.8, 4) is 0 Å². The Kier molecular flexibility index (Phi) is 3.04. The van der Waals surface area contributed by atoms with Crippen LogP contribution < -0.4 is 0 Å². The fraction of sp³-hybridized carbons (Fsp3) is 0.300. The van der Waals surface area contributed by atoms with Crippen molar-refractivity contribution >= 4 is 28.3 Å². The Balaban J connectivity index is 3.21. The summed E-state index contributed by atoms with van der Waals surface area (Å²) in [7, 11) is 0. The van der Waals surface area contributed by atoms with Crippen LogP contribution in [0.5, 0.6) is 0 Å². The van der Waals surface area contributed by atoms with E-state index in [1.807, 2.05) is 12.1 Å². The van der Waals surface area contributed by atoms with Gasteiger partial charge in [-0.2, -0.15) is 0 Å². The number of hydrogen-bond acceptors (Lipinski definition) is 1. The lowest BCUT2D eigenvalue weighted by molar-refractivity contribution is 0.866. The molecule has 0 heterocycles. The average Bonchev–Trinajstić information content (AvgIpc) is 2.04. The van der Waals surface area contributed by atoms with E-state index in [4.69, 9.17) is 0 Å². The van der Waals surface area contributed by atoms with Gasteiger partial charge in [0.25, 0.3) is 0 Å². The standard InChI is InChI=1S/C10H12BrN/c1-7(2)9-6-8(11)4-5-10(9)12-3/h4-7H,3H2,1-2H3. The zero-order valence-electron chi connectivity index (χ0n) is 7.34. The van der Waals surface area contributed by atoms with Gasteiger partial charge in [-0.3, -0.25) is 4.99 Å². The van der Waals surface area contributed by atoms with Crippen molar-refractivity contribution in [2.45, 2.75) is 19.8 Å². The molecule has 2 heteroatoms. The maximum atomic E-state index is 3.96. The maximum absolute atomic E-state index is 3.96. The number of benzene rings is 1. The molecule has 0 saturated heterocycles. The molecule has 0 aliphatic rings. The highest BCUT2D eigenvalue weighted by atomic mass is 79.9. The summed E-state index contributed by atoms with van der Waals surface area (Å²) >= 11 is 3.43.